The van der Waals surface area contributed by atoms with Crippen molar-refractivity contribution in [2.24, 2.45) is 0 Å². The maximum Gasteiger partial charge on any atom is 0.150 e. The van der Waals surface area contributed by atoms with Crippen LogP contribution < -0.4 is 10.1 Å². The van der Waals surface area contributed by atoms with Crippen molar-refractivity contribution in [3.05, 3.63) is 87.7 Å². The molecule has 2 nitrogen and oxygen atoms in total. The van der Waals surface area contributed by atoms with Crippen molar-refractivity contribution in [1.29, 1.82) is 0 Å². The van der Waals surface area contributed by atoms with Crippen molar-refractivity contribution in [2.75, 3.05) is 5.32 Å². The zero-order valence-corrected chi connectivity index (χ0v) is 18.2. The Hall–Kier alpha value is -2.78. The summed E-state index contributed by atoms with van der Waals surface area (Å²) in [5, 5.41) is 4.35. The molecule has 0 saturated carbocycles. The SMILES string of the molecule is CC1=CC(C)(C)Nc2ccc3c(c21)[C@@H](c1ccc(Cl)c(C)c1)Oc1ccc(F)cc1-3. The van der Waals surface area contributed by atoms with Gasteiger partial charge in [0.1, 0.15) is 11.6 Å². The molecule has 152 valence electrons. The lowest BCUT2D eigenvalue weighted by atomic mass is 9.80. The van der Waals surface area contributed by atoms with E-state index in [1.165, 1.54) is 11.6 Å². The fourth-order valence-corrected chi connectivity index (χ4v) is 4.84. The minimum absolute atomic E-state index is 0.142. The second-order valence-corrected chi connectivity index (χ2v) is 9.18. The molecule has 0 bridgehead atoms. The van der Waals surface area contributed by atoms with E-state index >= 15 is 0 Å². The van der Waals surface area contributed by atoms with Gasteiger partial charge in [-0.25, -0.2) is 4.39 Å². The normalized spacial score (nSPS) is 18.3. The molecule has 2 aliphatic heterocycles. The Labute approximate surface area is 181 Å². The van der Waals surface area contributed by atoms with Gasteiger partial charge in [-0.05, 0) is 80.3 Å². The van der Waals surface area contributed by atoms with Gasteiger partial charge < -0.3 is 10.1 Å². The number of anilines is 1. The van der Waals surface area contributed by atoms with E-state index in [0.29, 0.717) is 5.75 Å². The van der Waals surface area contributed by atoms with Crippen molar-refractivity contribution in [1.82, 2.24) is 0 Å². The van der Waals surface area contributed by atoms with Crippen molar-refractivity contribution in [3.63, 3.8) is 0 Å². The van der Waals surface area contributed by atoms with E-state index in [1.807, 2.05) is 19.1 Å². The van der Waals surface area contributed by atoms with Gasteiger partial charge in [-0.15, -0.1) is 0 Å². The van der Waals surface area contributed by atoms with Gasteiger partial charge in [-0.1, -0.05) is 35.9 Å². The number of halogens is 2. The summed E-state index contributed by atoms with van der Waals surface area (Å²) in [6.07, 6.45) is 1.93. The average molecular weight is 420 g/mol. The predicted molar refractivity (Wildman–Crippen MR) is 122 cm³/mol. The summed E-state index contributed by atoms with van der Waals surface area (Å²) in [4.78, 5) is 0. The number of nitrogens with one attached hydrogen (secondary N) is 1. The highest BCUT2D eigenvalue weighted by molar-refractivity contribution is 6.31. The molecular formula is C26H23ClFNO. The third kappa shape index (κ3) is 3.00. The quantitative estimate of drug-likeness (QED) is 0.439. The van der Waals surface area contributed by atoms with Crippen LogP contribution >= 0.6 is 11.6 Å². The maximum atomic E-state index is 14.1. The second kappa shape index (κ2) is 6.61. The number of rotatable bonds is 1. The van der Waals surface area contributed by atoms with Crippen LogP contribution in [0.1, 0.15) is 49.1 Å². The van der Waals surface area contributed by atoms with E-state index in [4.69, 9.17) is 16.3 Å². The van der Waals surface area contributed by atoms with E-state index in [2.05, 4.69) is 50.4 Å². The molecule has 0 amide bonds. The first kappa shape index (κ1) is 19.2. The number of ether oxygens (including phenoxy) is 1. The Kier molecular flexibility index (Phi) is 4.23. The fourth-order valence-electron chi connectivity index (χ4n) is 4.72. The molecule has 0 radical (unpaired) electrons. The molecule has 0 aliphatic carbocycles. The summed E-state index contributed by atoms with van der Waals surface area (Å²) >= 11 is 6.29. The molecule has 0 unspecified atom stereocenters. The molecule has 1 N–H and O–H groups in total. The lowest BCUT2D eigenvalue weighted by molar-refractivity contribution is 0.243. The van der Waals surface area contributed by atoms with Gasteiger partial charge in [0.05, 0.1) is 5.54 Å². The lowest BCUT2D eigenvalue weighted by Gasteiger charge is -2.37. The first-order valence-corrected chi connectivity index (χ1v) is 10.5. The molecule has 0 saturated heterocycles. The summed E-state index contributed by atoms with van der Waals surface area (Å²) in [7, 11) is 0. The third-order valence-electron chi connectivity index (χ3n) is 5.90. The number of fused-ring (bicyclic) bond motifs is 5. The van der Waals surface area contributed by atoms with Gasteiger partial charge >= 0.3 is 0 Å². The number of aryl methyl sites for hydroxylation is 1. The highest BCUT2D eigenvalue weighted by atomic mass is 35.5. The third-order valence-corrected chi connectivity index (χ3v) is 6.32. The van der Waals surface area contributed by atoms with Crippen LogP contribution in [0.15, 0.2) is 54.6 Å². The molecule has 3 aromatic carbocycles. The second-order valence-electron chi connectivity index (χ2n) is 8.77. The molecule has 30 heavy (non-hydrogen) atoms. The average Bonchev–Trinajstić information content (AvgIpc) is 2.68. The summed E-state index contributed by atoms with van der Waals surface area (Å²) in [6, 6.07) is 14.9. The standard InChI is InChI=1S/C26H23ClFNO/c1-14-11-16(5-8-20(14)27)25-24-18(19-12-17(28)6-10-22(19)30-25)7-9-21-23(24)15(2)13-26(3,4)29-21/h5-13,25,29H,1-4H3/t25-/m1/s1. The monoisotopic (exact) mass is 419 g/mol. The topological polar surface area (TPSA) is 21.3 Å². The maximum absolute atomic E-state index is 14.1. The molecular weight excluding hydrogens is 397 g/mol. The van der Waals surface area contributed by atoms with Crippen molar-refractivity contribution in [3.8, 4) is 16.9 Å². The molecule has 4 heteroatoms. The predicted octanol–water partition coefficient (Wildman–Crippen LogP) is 7.54. The molecule has 3 aromatic rings. The van der Waals surface area contributed by atoms with Gasteiger partial charge in [-0.2, -0.15) is 0 Å². The van der Waals surface area contributed by atoms with Gasteiger partial charge in [0.2, 0.25) is 0 Å². The molecule has 1 atom stereocenters. The molecule has 0 aromatic heterocycles. The molecule has 2 aliphatic rings. The lowest BCUT2D eigenvalue weighted by Crippen LogP contribution is -2.32. The van der Waals surface area contributed by atoms with E-state index in [-0.39, 0.29) is 17.5 Å². The number of hydrogen-bond donors (Lipinski definition) is 1. The highest BCUT2D eigenvalue weighted by Gasteiger charge is 2.34. The summed E-state index contributed by atoms with van der Waals surface area (Å²) < 4.78 is 20.6. The largest absolute Gasteiger partial charge is 0.480 e. The van der Waals surface area contributed by atoms with Crippen LogP contribution in [0, 0.1) is 12.7 Å². The Morgan fingerprint density at radius 2 is 1.80 bits per heavy atom. The van der Waals surface area contributed by atoms with Crippen LogP contribution in [0.25, 0.3) is 16.7 Å². The van der Waals surface area contributed by atoms with E-state index < -0.39 is 0 Å². The van der Waals surface area contributed by atoms with Gasteiger partial charge in [0.25, 0.3) is 0 Å². The molecule has 0 spiro atoms. The summed E-state index contributed by atoms with van der Waals surface area (Å²) in [6.45, 7) is 8.43. The summed E-state index contributed by atoms with van der Waals surface area (Å²) in [5.41, 5.74) is 8.11. The van der Waals surface area contributed by atoms with Gasteiger partial charge in [-0.3, -0.25) is 0 Å². The first-order valence-electron chi connectivity index (χ1n) is 10.1. The Morgan fingerprint density at radius 1 is 1.00 bits per heavy atom. The number of benzene rings is 3. The van der Waals surface area contributed by atoms with Crippen LogP contribution in [0.4, 0.5) is 10.1 Å². The van der Waals surface area contributed by atoms with Crippen molar-refractivity contribution in [2.45, 2.75) is 39.3 Å². The minimum Gasteiger partial charge on any atom is -0.480 e. The van der Waals surface area contributed by atoms with Crippen LogP contribution in [0.3, 0.4) is 0 Å². The highest BCUT2D eigenvalue weighted by Crippen LogP contribution is 2.51. The van der Waals surface area contributed by atoms with Crippen LogP contribution in [0.2, 0.25) is 5.02 Å². The molecule has 5 rings (SSSR count). The smallest absolute Gasteiger partial charge is 0.150 e. The van der Waals surface area contributed by atoms with Crippen LogP contribution in [-0.4, -0.2) is 5.54 Å². The van der Waals surface area contributed by atoms with E-state index in [9.17, 15) is 4.39 Å². The van der Waals surface area contributed by atoms with Gasteiger partial charge in [0.15, 0.2) is 6.10 Å². The zero-order chi connectivity index (χ0) is 21.2. The summed E-state index contributed by atoms with van der Waals surface area (Å²) in [5.74, 6) is 0.417. The van der Waals surface area contributed by atoms with Gasteiger partial charge in [0, 0.05) is 27.4 Å². The van der Waals surface area contributed by atoms with E-state index in [1.54, 1.807) is 12.1 Å². The number of allylic oxidation sites excluding steroid dienone is 1. The van der Waals surface area contributed by atoms with E-state index in [0.717, 1.165) is 44.1 Å². The minimum atomic E-state index is -0.310. The Morgan fingerprint density at radius 3 is 2.57 bits per heavy atom. The Balaban J connectivity index is 1.81. The van der Waals surface area contributed by atoms with Crippen LogP contribution in [-0.2, 0) is 0 Å². The van der Waals surface area contributed by atoms with Crippen molar-refractivity contribution < 1.29 is 9.13 Å². The Bertz CT molecular complexity index is 1230. The zero-order valence-electron chi connectivity index (χ0n) is 17.4. The molecule has 2 heterocycles. The fraction of sp³-hybridized carbons (Fsp3) is 0.231. The van der Waals surface area contributed by atoms with Crippen molar-refractivity contribution >= 4 is 22.9 Å². The first-order chi connectivity index (χ1) is 14.2. The number of hydrogen-bond acceptors (Lipinski definition) is 2. The van der Waals surface area contributed by atoms with Crippen LogP contribution in [0.5, 0.6) is 5.75 Å². The molecule has 0 fully saturated rings.